The fraction of sp³-hybridized carbons (Fsp3) is 0.650. The molecule has 0 unspecified atom stereocenters. The van der Waals surface area contributed by atoms with Crippen molar-refractivity contribution in [1.82, 2.24) is 15.6 Å². The number of hydrogen-bond acceptors (Lipinski definition) is 12. The van der Waals surface area contributed by atoms with E-state index in [2.05, 4.69) is 21.8 Å². The van der Waals surface area contributed by atoms with Crippen LogP contribution in [0.5, 0.6) is 0 Å². The Bertz CT molecular complexity index is 903. The molecule has 1 aliphatic rings. The van der Waals surface area contributed by atoms with Crippen LogP contribution in [0.3, 0.4) is 0 Å². The summed E-state index contributed by atoms with van der Waals surface area (Å²) in [5, 5.41) is 21.2. The molecule has 5 atom stereocenters. The lowest BCUT2D eigenvalue weighted by Crippen LogP contribution is -2.66. The Morgan fingerprint density at radius 2 is 1.69 bits per heavy atom. The molecule has 0 aromatic heterocycles. The molecule has 16 heteroatoms. The predicted molar refractivity (Wildman–Crippen MR) is 116 cm³/mol. The zero-order valence-electron chi connectivity index (χ0n) is 20.4. The number of amides is 2. The number of ether oxygens (including phenoxy) is 4. The molecule has 0 aromatic carbocycles. The summed E-state index contributed by atoms with van der Waals surface area (Å²) in [7, 11) is 1.23. The monoisotopic (exact) mass is 515 g/mol. The van der Waals surface area contributed by atoms with Crippen molar-refractivity contribution in [2.75, 3.05) is 26.7 Å². The van der Waals surface area contributed by atoms with Gasteiger partial charge in [-0.3, -0.25) is 24.0 Å². The van der Waals surface area contributed by atoms with Crippen LogP contribution in [0.25, 0.3) is 0 Å². The minimum atomic E-state index is -1.59. The summed E-state index contributed by atoms with van der Waals surface area (Å²) in [6, 6.07) is -1.33. The minimum absolute atomic E-state index is 0.0434. The van der Waals surface area contributed by atoms with Crippen molar-refractivity contribution in [3.8, 4) is 12.3 Å². The zero-order valence-corrected chi connectivity index (χ0v) is 20.4. The van der Waals surface area contributed by atoms with Gasteiger partial charge in [-0.25, -0.2) is 0 Å². The molecule has 0 aliphatic carbocycles. The molecule has 2 amide bonds. The number of likely N-dealkylation sites (N-methyl/N-ethyl adjacent to an activating group) is 1. The lowest BCUT2D eigenvalue weighted by molar-refractivity contribution is -0.706. The third-order valence-electron chi connectivity index (χ3n) is 4.34. The first-order valence-electron chi connectivity index (χ1n) is 10.5. The van der Waals surface area contributed by atoms with Crippen molar-refractivity contribution in [2.45, 2.75) is 58.3 Å². The van der Waals surface area contributed by atoms with Gasteiger partial charge in [-0.1, -0.05) is 5.92 Å². The lowest BCUT2D eigenvalue weighted by Gasteiger charge is -2.43. The van der Waals surface area contributed by atoms with Gasteiger partial charge in [-0.2, -0.15) is 0 Å². The third kappa shape index (κ3) is 10.0. The van der Waals surface area contributed by atoms with Gasteiger partial charge in [0.05, 0.1) is 18.6 Å². The number of hydrazine groups is 1. The van der Waals surface area contributed by atoms with Gasteiger partial charge >= 0.3 is 17.9 Å². The molecule has 1 saturated heterocycles. The van der Waals surface area contributed by atoms with Gasteiger partial charge in [0.25, 0.3) is 6.29 Å². The summed E-state index contributed by atoms with van der Waals surface area (Å²) in [4.78, 5) is 63.5. The van der Waals surface area contributed by atoms with Gasteiger partial charge in [0.1, 0.15) is 18.8 Å². The predicted octanol–water partition coefficient (Wildman–Crippen LogP) is -1.87. The van der Waals surface area contributed by atoms with E-state index >= 15 is 0 Å². The number of esters is 3. The molecule has 200 valence electrons. The van der Waals surface area contributed by atoms with Crippen molar-refractivity contribution >= 4 is 29.7 Å². The highest BCUT2D eigenvalue weighted by molar-refractivity contribution is 5.78. The van der Waals surface area contributed by atoms with Crippen molar-refractivity contribution in [2.24, 2.45) is 5.28 Å². The molecule has 1 aliphatic heterocycles. The van der Waals surface area contributed by atoms with Crippen LogP contribution in [0.2, 0.25) is 0 Å². The minimum Gasteiger partial charge on any atom is -0.569 e. The van der Waals surface area contributed by atoms with Crippen LogP contribution in [-0.4, -0.2) is 97.1 Å². The molecule has 1 heterocycles. The Morgan fingerprint density at radius 1 is 1.08 bits per heavy atom. The molecule has 0 aromatic rings. The van der Waals surface area contributed by atoms with Gasteiger partial charge in [0.15, 0.2) is 18.8 Å². The largest absolute Gasteiger partial charge is 0.569 e. The molecule has 1 fully saturated rings. The van der Waals surface area contributed by atoms with Crippen LogP contribution in [0, 0.1) is 17.6 Å². The first kappa shape index (κ1) is 29.9. The van der Waals surface area contributed by atoms with Gasteiger partial charge in [-0.05, 0) is 0 Å². The summed E-state index contributed by atoms with van der Waals surface area (Å²) in [5.41, 5.74) is 0. The molecule has 0 spiro atoms. The Labute approximate surface area is 206 Å². The van der Waals surface area contributed by atoms with E-state index in [1.165, 1.54) is 7.05 Å². The van der Waals surface area contributed by atoms with Gasteiger partial charge in [0, 0.05) is 27.7 Å². The summed E-state index contributed by atoms with van der Waals surface area (Å²) in [5.74, 6) is -1.26. The van der Waals surface area contributed by atoms with E-state index in [9.17, 15) is 29.2 Å². The second kappa shape index (κ2) is 14.3. The smallest absolute Gasteiger partial charge is 0.303 e. The molecule has 36 heavy (non-hydrogen) atoms. The molecular formula is C20H29N5O11. The Hall–Kier alpha value is -4.13. The van der Waals surface area contributed by atoms with E-state index in [4.69, 9.17) is 30.2 Å². The van der Waals surface area contributed by atoms with Crippen molar-refractivity contribution < 1.29 is 52.7 Å². The van der Waals surface area contributed by atoms with E-state index in [0.717, 1.165) is 32.7 Å². The van der Waals surface area contributed by atoms with E-state index < -0.39 is 73.5 Å². The maximum Gasteiger partial charge on any atom is 0.303 e. The molecular weight excluding hydrogens is 486 g/mol. The van der Waals surface area contributed by atoms with Crippen molar-refractivity contribution in [1.29, 1.82) is 0 Å². The number of carbonyl (C=O) groups is 5. The normalized spacial score (nSPS) is 23.3. The van der Waals surface area contributed by atoms with Crippen LogP contribution in [-0.2, 0) is 47.8 Å². The summed E-state index contributed by atoms with van der Waals surface area (Å²) >= 11 is 0. The highest BCUT2D eigenvalue weighted by atomic mass is 16.8. The first-order valence-corrected chi connectivity index (χ1v) is 10.5. The molecule has 2 N–H and O–H groups in total. The maximum atomic E-state index is 12.3. The lowest BCUT2D eigenvalue weighted by atomic mass is 9.96. The second-order valence-electron chi connectivity index (χ2n) is 7.46. The molecule has 0 saturated carbocycles. The number of nitrogens with one attached hydrogen (secondary N) is 2. The Morgan fingerprint density at radius 3 is 2.22 bits per heavy atom. The quantitative estimate of drug-likeness (QED) is 0.0778. The fourth-order valence-corrected chi connectivity index (χ4v) is 3.00. The van der Waals surface area contributed by atoms with Gasteiger partial charge < -0.3 is 39.6 Å². The van der Waals surface area contributed by atoms with E-state index in [-0.39, 0.29) is 11.5 Å². The number of terminal acetylenes is 1. The average molecular weight is 515 g/mol. The molecule has 16 nitrogen and oxygen atoms in total. The topological polar surface area (TPSA) is 197 Å². The Balaban J connectivity index is 3.25. The fourth-order valence-electron chi connectivity index (χ4n) is 3.00. The standard InChI is InChI=1S/C20H29N5O11/c1-7-8-21-16(30)9-24(6)25(31)23-36-20-17(22-11(2)26)19(34-14(5)29)18(33-13(4)28)15(35-20)10-32-12(3)27/h1,15,17-20H,8-10H2,2-6H3,(H,21,30)(H,22,26)/b25-23-/t15-,17-,18-,19-,20+/m1/s1. The van der Waals surface area contributed by atoms with E-state index in [1.807, 2.05) is 0 Å². The van der Waals surface area contributed by atoms with E-state index in [1.54, 1.807) is 0 Å². The van der Waals surface area contributed by atoms with Crippen LogP contribution in [0.15, 0.2) is 5.28 Å². The number of carbonyl (C=O) groups excluding carboxylic acids is 5. The average Bonchev–Trinajstić information content (AvgIpc) is 2.76. The summed E-state index contributed by atoms with van der Waals surface area (Å²) < 4.78 is 21.1. The van der Waals surface area contributed by atoms with Crippen LogP contribution < -0.4 is 10.6 Å². The summed E-state index contributed by atoms with van der Waals surface area (Å²) in [6.07, 6.45) is -0.521. The van der Waals surface area contributed by atoms with E-state index in [0.29, 0.717) is 0 Å². The molecule has 0 radical (unpaired) electrons. The highest BCUT2D eigenvalue weighted by Gasteiger charge is 2.52. The van der Waals surface area contributed by atoms with Gasteiger partial charge in [-0.15, -0.1) is 11.4 Å². The van der Waals surface area contributed by atoms with Crippen molar-refractivity contribution in [3.63, 3.8) is 0 Å². The second-order valence-corrected chi connectivity index (χ2v) is 7.46. The maximum absolute atomic E-state index is 12.3. The highest BCUT2D eigenvalue weighted by Crippen LogP contribution is 2.28. The number of rotatable bonds is 11. The van der Waals surface area contributed by atoms with Crippen LogP contribution >= 0.6 is 0 Å². The van der Waals surface area contributed by atoms with Crippen molar-refractivity contribution in [3.05, 3.63) is 5.21 Å². The number of nitrogens with zero attached hydrogens (tertiary/aromatic N) is 3. The zero-order chi connectivity index (χ0) is 27.4. The Kier molecular flexibility index (Phi) is 11.9. The van der Waals surface area contributed by atoms with Gasteiger partial charge in [0.2, 0.25) is 17.1 Å². The number of hydrogen-bond donors (Lipinski definition) is 2. The third-order valence-corrected chi connectivity index (χ3v) is 4.34. The molecule has 0 bridgehead atoms. The van der Waals surface area contributed by atoms with Crippen LogP contribution in [0.1, 0.15) is 27.7 Å². The SMILES string of the molecule is C#CCNC(=O)CN(C)/[N+]([O-])=N/O[C@@H]1O[C@H](COC(C)=O)[C@@H](OC(C)=O)[C@H](OC(C)=O)[C@H]1NC(C)=O. The summed E-state index contributed by atoms with van der Waals surface area (Å²) in [6.45, 7) is 3.50. The first-order chi connectivity index (χ1) is 16.8. The molecule has 1 rings (SSSR count). The van der Waals surface area contributed by atoms with Crippen LogP contribution in [0.4, 0.5) is 0 Å².